The Morgan fingerprint density at radius 1 is 1.42 bits per heavy atom. The predicted octanol–water partition coefficient (Wildman–Crippen LogP) is 2.90. The third kappa shape index (κ3) is 6.25. The number of benzene rings is 1. The van der Waals surface area contributed by atoms with Crippen molar-refractivity contribution in [3.05, 3.63) is 29.1 Å². The summed E-state index contributed by atoms with van der Waals surface area (Å²) in [5, 5.41) is 6.46. The van der Waals surface area contributed by atoms with Crippen LogP contribution in [0.2, 0.25) is 0 Å². The predicted molar refractivity (Wildman–Crippen MR) is 102 cm³/mol. The van der Waals surface area contributed by atoms with E-state index in [9.17, 15) is 4.79 Å². The Hall–Kier alpha value is -2.81. The molecule has 0 fully saturated rings. The number of nitrogens with zero attached hydrogens (tertiary/aromatic N) is 2. The SMILES string of the molecule is CCOC(=O)CCCOc1cc(C=NNc2nc(N)cs2)ccc1OC. The molecule has 0 bridgehead atoms. The van der Waals surface area contributed by atoms with Crippen molar-refractivity contribution < 1.29 is 19.0 Å². The van der Waals surface area contributed by atoms with Gasteiger partial charge in [0, 0.05) is 11.8 Å². The molecule has 0 aliphatic heterocycles. The van der Waals surface area contributed by atoms with Gasteiger partial charge in [-0.15, -0.1) is 11.3 Å². The standard InChI is InChI=1S/C17H22N4O4S/c1-3-24-16(22)5-4-8-25-14-9-12(6-7-13(14)23-2)10-19-21-17-20-15(18)11-26-17/h6-7,9-11H,3-5,8,18H2,1-2H3,(H,20,21). The Bertz CT molecular complexity index is 748. The first kappa shape index (κ1) is 19.5. The minimum absolute atomic E-state index is 0.224. The number of carbonyl (C=O) groups excluding carboxylic acids is 1. The minimum atomic E-state index is -0.224. The van der Waals surface area contributed by atoms with E-state index in [1.807, 2.05) is 12.1 Å². The Labute approximate surface area is 156 Å². The molecule has 9 heteroatoms. The molecule has 1 aromatic heterocycles. The number of anilines is 2. The maximum absolute atomic E-state index is 11.3. The smallest absolute Gasteiger partial charge is 0.305 e. The van der Waals surface area contributed by atoms with Crippen LogP contribution in [0.5, 0.6) is 11.5 Å². The van der Waals surface area contributed by atoms with E-state index in [2.05, 4.69) is 15.5 Å². The van der Waals surface area contributed by atoms with Gasteiger partial charge in [-0.3, -0.25) is 10.2 Å². The molecule has 0 spiro atoms. The van der Waals surface area contributed by atoms with E-state index in [1.165, 1.54) is 11.3 Å². The zero-order valence-corrected chi connectivity index (χ0v) is 15.5. The van der Waals surface area contributed by atoms with Crippen molar-refractivity contribution in [2.45, 2.75) is 19.8 Å². The summed E-state index contributed by atoms with van der Waals surface area (Å²) in [5.74, 6) is 1.42. The molecule has 2 rings (SSSR count). The Kier molecular flexibility index (Phi) is 7.69. The highest BCUT2D eigenvalue weighted by atomic mass is 32.1. The first-order valence-electron chi connectivity index (χ1n) is 8.09. The molecule has 26 heavy (non-hydrogen) atoms. The molecule has 0 radical (unpaired) electrons. The van der Waals surface area contributed by atoms with E-state index in [0.29, 0.717) is 48.5 Å². The highest BCUT2D eigenvalue weighted by molar-refractivity contribution is 7.14. The minimum Gasteiger partial charge on any atom is -0.493 e. The van der Waals surface area contributed by atoms with E-state index in [0.717, 1.165) is 5.56 Å². The number of nitrogen functional groups attached to an aromatic ring is 1. The molecule has 2 aromatic rings. The van der Waals surface area contributed by atoms with Gasteiger partial charge in [-0.2, -0.15) is 5.10 Å². The van der Waals surface area contributed by atoms with Crippen LogP contribution in [0.25, 0.3) is 0 Å². The summed E-state index contributed by atoms with van der Waals surface area (Å²) in [6, 6.07) is 5.46. The highest BCUT2D eigenvalue weighted by Gasteiger charge is 2.07. The lowest BCUT2D eigenvalue weighted by Gasteiger charge is -2.11. The van der Waals surface area contributed by atoms with E-state index >= 15 is 0 Å². The second-order valence-corrected chi connectivity index (χ2v) is 5.97. The molecule has 1 aromatic carbocycles. The zero-order valence-electron chi connectivity index (χ0n) is 14.7. The van der Waals surface area contributed by atoms with Crippen LogP contribution < -0.4 is 20.6 Å². The number of hydrogen-bond acceptors (Lipinski definition) is 9. The number of methoxy groups -OCH3 is 1. The van der Waals surface area contributed by atoms with Crippen LogP contribution in [-0.2, 0) is 9.53 Å². The molecule has 0 atom stereocenters. The molecular weight excluding hydrogens is 356 g/mol. The molecule has 0 saturated carbocycles. The fourth-order valence-electron chi connectivity index (χ4n) is 2.02. The third-order valence-electron chi connectivity index (χ3n) is 3.17. The summed E-state index contributed by atoms with van der Waals surface area (Å²) >= 11 is 1.37. The molecular formula is C17H22N4O4S. The second-order valence-electron chi connectivity index (χ2n) is 5.11. The van der Waals surface area contributed by atoms with Gasteiger partial charge in [0.05, 0.1) is 26.5 Å². The summed E-state index contributed by atoms with van der Waals surface area (Å²) in [7, 11) is 1.57. The van der Waals surface area contributed by atoms with Crippen LogP contribution in [0.15, 0.2) is 28.7 Å². The van der Waals surface area contributed by atoms with Gasteiger partial charge in [0.15, 0.2) is 11.5 Å². The Morgan fingerprint density at radius 2 is 2.27 bits per heavy atom. The van der Waals surface area contributed by atoms with Crippen LogP contribution in [0.1, 0.15) is 25.3 Å². The van der Waals surface area contributed by atoms with Gasteiger partial charge in [-0.1, -0.05) is 0 Å². The number of esters is 1. The molecule has 140 valence electrons. The number of ether oxygens (including phenoxy) is 3. The largest absolute Gasteiger partial charge is 0.493 e. The maximum Gasteiger partial charge on any atom is 0.305 e. The summed E-state index contributed by atoms with van der Waals surface area (Å²) in [4.78, 5) is 15.4. The highest BCUT2D eigenvalue weighted by Crippen LogP contribution is 2.28. The molecule has 0 aliphatic rings. The topological polar surface area (TPSA) is 108 Å². The van der Waals surface area contributed by atoms with Crippen molar-refractivity contribution in [1.82, 2.24) is 4.98 Å². The molecule has 1 heterocycles. The van der Waals surface area contributed by atoms with Gasteiger partial charge >= 0.3 is 5.97 Å². The second kappa shape index (κ2) is 10.2. The number of nitrogens with one attached hydrogen (secondary N) is 1. The quantitative estimate of drug-likeness (QED) is 0.283. The van der Waals surface area contributed by atoms with Crippen molar-refractivity contribution in [1.29, 1.82) is 0 Å². The molecule has 0 unspecified atom stereocenters. The lowest BCUT2D eigenvalue weighted by atomic mass is 10.2. The molecule has 0 aliphatic carbocycles. The summed E-state index contributed by atoms with van der Waals surface area (Å²) in [6.07, 6.45) is 2.52. The van der Waals surface area contributed by atoms with E-state index < -0.39 is 0 Å². The fraction of sp³-hybridized carbons (Fsp3) is 0.353. The number of hydrogen-bond donors (Lipinski definition) is 2. The number of carbonyl (C=O) groups is 1. The normalized spacial score (nSPS) is 10.7. The fourth-order valence-corrected chi connectivity index (χ4v) is 2.57. The van der Waals surface area contributed by atoms with E-state index in [4.69, 9.17) is 19.9 Å². The molecule has 8 nitrogen and oxygen atoms in total. The lowest BCUT2D eigenvalue weighted by Crippen LogP contribution is -2.07. The van der Waals surface area contributed by atoms with E-state index in [1.54, 1.807) is 31.7 Å². The molecule has 0 saturated heterocycles. The number of thiazole rings is 1. The number of aromatic nitrogens is 1. The summed E-state index contributed by atoms with van der Waals surface area (Å²) in [5.41, 5.74) is 9.19. The van der Waals surface area contributed by atoms with Crippen molar-refractivity contribution in [2.24, 2.45) is 5.10 Å². The van der Waals surface area contributed by atoms with Gasteiger partial charge in [-0.25, -0.2) is 4.98 Å². The maximum atomic E-state index is 11.3. The summed E-state index contributed by atoms with van der Waals surface area (Å²) in [6.45, 7) is 2.55. The average Bonchev–Trinajstić information content (AvgIpc) is 3.04. The van der Waals surface area contributed by atoms with Crippen LogP contribution in [0.3, 0.4) is 0 Å². The van der Waals surface area contributed by atoms with Crippen LogP contribution >= 0.6 is 11.3 Å². The number of rotatable bonds is 10. The first-order chi connectivity index (χ1) is 12.6. The van der Waals surface area contributed by atoms with Crippen molar-refractivity contribution in [3.8, 4) is 11.5 Å². The van der Waals surface area contributed by atoms with Crippen LogP contribution in [-0.4, -0.2) is 37.5 Å². The lowest BCUT2D eigenvalue weighted by molar-refractivity contribution is -0.143. The average molecular weight is 378 g/mol. The number of nitrogens with two attached hydrogens (primary N) is 1. The van der Waals surface area contributed by atoms with Gasteiger partial charge < -0.3 is 19.9 Å². The van der Waals surface area contributed by atoms with Crippen molar-refractivity contribution in [2.75, 3.05) is 31.5 Å². The Balaban J connectivity index is 1.91. The van der Waals surface area contributed by atoms with Crippen molar-refractivity contribution in [3.63, 3.8) is 0 Å². The molecule has 0 amide bonds. The van der Waals surface area contributed by atoms with Crippen LogP contribution in [0, 0.1) is 0 Å². The van der Waals surface area contributed by atoms with Gasteiger partial charge in [0.25, 0.3) is 0 Å². The van der Waals surface area contributed by atoms with Gasteiger partial charge in [0.2, 0.25) is 5.13 Å². The van der Waals surface area contributed by atoms with Gasteiger partial charge in [-0.05, 0) is 37.1 Å². The zero-order chi connectivity index (χ0) is 18.8. The number of hydrazone groups is 1. The molecule has 3 N–H and O–H groups in total. The third-order valence-corrected chi connectivity index (χ3v) is 3.94. The van der Waals surface area contributed by atoms with Gasteiger partial charge in [0.1, 0.15) is 5.82 Å². The van der Waals surface area contributed by atoms with E-state index in [-0.39, 0.29) is 5.97 Å². The van der Waals surface area contributed by atoms with Crippen molar-refractivity contribution >= 4 is 34.5 Å². The Morgan fingerprint density at radius 3 is 2.96 bits per heavy atom. The first-order valence-corrected chi connectivity index (χ1v) is 8.97. The monoisotopic (exact) mass is 378 g/mol. The van der Waals surface area contributed by atoms with Crippen LogP contribution in [0.4, 0.5) is 10.9 Å². The summed E-state index contributed by atoms with van der Waals surface area (Å²) < 4.78 is 15.9.